The SMILES string of the molecule is CCC=CCC=CCC=CCC(O)C=CCCCC(=O)O. The summed E-state index contributed by atoms with van der Waals surface area (Å²) in [5, 5.41) is 18.2. The molecule has 0 aliphatic carbocycles. The quantitative estimate of drug-likeness (QED) is 0.414. The molecular formula is C18H28O3. The highest BCUT2D eigenvalue weighted by molar-refractivity contribution is 5.66. The predicted molar refractivity (Wildman–Crippen MR) is 88.2 cm³/mol. The van der Waals surface area contributed by atoms with Crippen molar-refractivity contribution in [3.63, 3.8) is 0 Å². The normalized spacial score (nSPS) is 14.0. The Morgan fingerprint density at radius 2 is 1.62 bits per heavy atom. The lowest BCUT2D eigenvalue weighted by Gasteiger charge is -2.00. The van der Waals surface area contributed by atoms with Crippen LogP contribution in [-0.4, -0.2) is 22.3 Å². The molecule has 0 saturated carbocycles. The zero-order valence-corrected chi connectivity index (χ0v) is 12.9. The lowest BCUT2D eigenvalue weighted by Crippen LogP contribution is -1.99. The summed E-state index contributed by atoms with van der Waals surface area (Å²) in [7, 11) is 0. The van der Waals surface area contributed by atoms with Gasteiger partial charge in [-0.3, -0.25) is 4.79 Å². The maximum atomic E-state index is 10.3. The number of unbranched alkanes of at least 4 members (excludes halogenated alkanes) is 1. The van der Waals surface area contributed by atoms with Gasteiger partial charge >= 0.3 is 5.97 Å². The Morgan fingerprint density at radius 3 is 2.24 bits per heavy atom. The van der Waals surface area contributed by atoms with Crippen LogP contribution in [0.15, 0.2) is 48.6 Å². The van der Waals surface area contributed by atoms with Crippen molar-refractivity contribution in [2.45, 2.75) is 58.0 Å². The average molecular weight is 292 g/mol. The summed E-state index contributed by atoms with van der Waals surface area (Å²) in [4.78, 5) is 10.3. The van der Waals surface area contributed by atoms with Crippen molar-refractivity contribution in [1.29, 1.82) is 0 Å². The van der Waals surface area contributed by atoms with Crippen molar-refractivity contribution >= 4 is 5.97 Å². The van der Waals surface area contributed by atoms with Crippen LogP contribution in [0.25, 0.3) is 0 Å². The molecule has 21 heavy (non-hydrogen) atoms. The van der Waals surface area contributed by atoms with Gasteiger partial charge in [0.15, 0.2) is 0 Å². The third-order valence-corrected chi connectivity index (χ3v) is 2.78. The number of aliphatic carboxylic acids is 1. The van der Waals surface area contributed by atoms with E-state index in [9.17, 15) is 9.90 Å². The molecule has 0 heterocycles. The fraction of sp³-hybridized carbons (Fsp3) is 0.500. The van der Waals surface area contributed by atoms with E-state index in [2.05, 4.69) is 31.2 Å². The van der Waals surface area contributed by atoms with E-state index >= 15 is 0 Å². The van der Waals surface area contributed by atoms with Crippen LogP contribution < -0.4 is 0 Å². The standard InChI is InChI=1S/C18H28O3/c1-2-3-4-5-6-7-8-9-11-14-17(19)15-12-10-13-16-18(20)21/h3-4,6-7,9,11-12,15,17,19H,2,5,8,10,13-14,16H2,1H3,(H,20,21). The summed E-state index contributed by atoms with van der Waals surface area (Å²) in [6.45, 7) is 2.12. The molecular weight excluding hydrogens is 264 g/mol. The summed E-state index contributed by atoms with van der Waals surface area (Å²) >= 11 is 0. The van der Waals surface area contributed by atoms with Crippen molar-refractivity contribution < 1.29 is 15.0 Å². The molecule has 0 aromatic rings. The lowest BCUT2D eigenvalue weighted by molar-refractivity contribution is -0.137. The average Bonchev–Trinajstić information content (AvgIpc) is 2.45. The van der Waals surface area contributed by atoms with Crippen LogP contribution >= 0.6 is 0 Å². The molecule has 0 aromatic carbocycles. The van der Waals surface area contributed by atoms with E-state index in [-0.39, 0.29) is 6.42 Å². The molecule has 0 spiro atoms. The third-order valence-electron chi connectivity index (χ3n) is 2.78. The van der Waals surface area contributed by atoms with Crippen LogP contribution in [0, 0.1) is 0 Å². The predicted octanol–water partition coefficient (Wildman–Crippen LogP) is 4.41. The number of allylic oxidation sites excluding steroid dienone is 6. The summed E-state index contributed by atoms with van der Waals surface area (Å²) in [5.74, 6) is -0.773. The highest BCUT2D eigenvalue weighted by Crippen LogP contribution is 2.01. The van der Waals surface area contributed by atoms with Crippen molar-refractivity contribution in [1.82, 2.24) is 0 Å². The molecule has 0 saturated heterocycles. The Balaban J connectivity index is 3.60. The van der Waals surface area contributed by atoms with Crippen molar-refractivity contribution in [3.05, 3.63) is 48.6 Å². The Hall–Kier alpha value is -1.61. The minimum atomic E-state index is -0.773. The van der Waals surface area contributed by atoms with Gasteiger partial charge in [-0.2, -0.15) is 0 Å². The van der Waals surface area contributed by atoms with Gasteiger partial charge in [0.1, 0.15) is 0 Å². The van der Waals surface area contributed by atoms with Gasteiger partial charge in [-0.25, -0.2) is 0 Å². The second-order valence-corrected chi connectivity index (χ2v) is 4.81. The molecule has 0 amide bonds. The van der Waals surface area contributed by atoms with Gasteiger partial charge in [-0.15, -0.1) is 0 Å². The van der Waals surface area contributed by atoms with Crippen LogP contribution in [0.5, 0.6) is 0 Å². The van der Waals surface area contributed by atoms with E-state index < -0.39 is 12.1 Å². The van der Waals surface area contributed by atoms with Gasteiger partial charge in [0, 0.05) is 6.42 Å². The van der Waals surface area contributed by atoms with Gasteiger partial charge in [-0.05, 0) is 38.5 Å². The lowest BCUT2D eigenvalue weighted by atomic mass is 10.1. The molecule has 0 radical (unpaired) electrons. The smallest absolute Gasteiger partial charge is 0.303 e. The van der Waals surface area contributed by atoms with Gasteiger partial charge < -0.3 is 10.2 Å². The van der Waals surface area contributed by atoms with E-state index in [0.717, 1.165) is 19.3 Å². The van der Waals surface area contributed by atoms with Gasteiger partial charge in [0.2, 0.25) is 0 Å². The third kappa shape index (κ3) is 16.3. The minimum Gasteiger partial charge on any atom is -0.481 e. The Kier molecular flexibility index (Phi) is 13.7. The zero-order valence-electron chi connectivity index (χ0n) is 12.9. The Bertz CT molecular complexity index is 365. The van der Waals surface area contributed by atoms with Crippen LogP contribution in [0.1, 0.15) is 51.9 Å². The van der Waals surface area contributed by atoms with E-state index in [0.29, 0.717) is 19.3 Å². The molecule has 0 aromatic heterocycles. The fourth-order valence-electron chi connectivity index (χ4n) is 1.65. The summed E-state index contributed by atoms with van der Waals surface area (Å²) in [6.07, 6.45) is 20.7. The highest BCUT2D eigenvalue weighted by Gasteiger charge is 1.96. The van der Waals surface area contributed by atoms with Gasteiger partial charge in [-0.1, -0.05) is 55.5 Å². The molecule has 0 fully saturated rings. The van der Waals surface area contributed by atoms with Crippen molar-refractivity contribution in [2.75, 3.05) is 0 Å². The molecule has 0 aliphatic heterocycles. The number of hydrogen-bond acceptors (Lipinski definition) is 2. The monoisotopic (exact) mass is 292 g/mol. The molecule has 118 valence electrons. The topological polar surface area (TPSA) is 57.5 Å². The van der Waals surface area contributed by atoms with Crippen LogP contribution in [0.2, 0.25) is 0 Å². The molecule has 1 unspecified atom stereocenters. The van der Waals surface area contributed by atoms with E-state index in [4.69, 9.17) is 5.11 Å². The molecule has 3 heteroatoms. The van der Waals surface area contributed by atoms with E-state index in [1.165, 1.54) is 0 Å². The van der Waals surface area contributed by atoms with Crippen LogP contribution in [0.4, 0.5) is 0 Å². The summed E-state index contributed by atoms with van der Waals surface area (Å²) in [5.41, 5.74) is 0. The second kappa shape index (κ2) is 14.8. The first-order valence-electron chi connectivity index (χ1n) is 7.68. The molecule has 0 rings (SSSR count). The molecule has 0 bridgehead atoms. The van der Waals surface area contributed by atoms with E-state index in [1.54, 1.807) is 6.08 Å². The van der Waals surface area contributed by atoms with Gasteiger partial charge in [0.05, 0.1) is 6.10 Å². The number of hydrogen-bond donors (Lipinski definition) is 2. The van der Waals surface area contributed by atoms with Gasteiger partial charge in [0.25, 0.3) is 0 Å². The van der Waals surface area contributed by atoms with Crippen LogP contribution in [-0.2, 0) is 4.79 Å². The molecule has 3 nitrogen and oxygen atoms in total. The summed E-state index contributed by atoms with van der Waals surface area (Å²) < 4.78 is 0. The van der Waals surface area contributed by atoms with Crippen LogP contribution in [0.3, 0.4) is 0 Å². The number of carboxylic acids is 1. The number of carboxylic acid groups (broad SMARTS) is 1. The summed E-state index contributed by atoms with van der Waals surface area (Å²) in [6, 6.07) is 0. The Labute approximate surface area is 128 Å². The van der Waals surface area contributed by atoms with Crippen molar-refractivity contribution in [3.8, 4) is 0 Å². The fourth-order valence-corrected chi connectivity index (χ4v) is 1.65. The molecule has 2 N–H and O–H groups in total. The first kappa shape index (κ1) is 19.4. The Morgan fingerprint density at radius 1 is 1.00 bits per heavy atom. The highest BCUT2D eigenvalue weighted by atomic mass is 16.4. The zero-order chi connectivity index (χ0) is 15.8. The number of aliphatic hydroxyl groups is 1. The number of rotatable bonds is 12. The van der Waals surface area contributed by atoms with Crippen molar-refractivity contribution in [2.24, 2.45) is 0 Å². The largest absolute Gasteiger partial charge is 0.481 e. The first-order valence-corrected chi connectivity index (χ1v) is 7.68. The number of aliphatic hydroxyl groups excluding tert-OH is 1. The maximum Gasteiger partial charge on any atom is 0.303 e. The first-order chi connectivity index (χ1) is 10.2. The molecule has 0 aliphatic rings. The maximum absolute atomic E-state index is 10.3. The second-order valence-electron chi connectivity index (χ2n) is 4.81. The number of carbonyl (C=O) groups is 1. The molecule has 1 atom stereocenters. The minimum absolute atomic E-state index is 0.181. The van der Waals surface area contributed by atoms with E-state index in [1.807, 2.05) is 18.2 Å².